The number of benzene rings is 2. The van der Waals surface area contributed by atoms with Crippen molar-refractivity contribution in [2.75, 3.05) is 5.32 Å². The van der Waals surface area contributed by atoms with Crippen LogP contribution >= 0.6 is 0 Å². The summed E-state index contributed by atoms with van der Waals surface area (Å²) >= 11 is 0. The van der Waals surface area contributed by atoms with Gasteiger partial charge in [0.25, 0.3) is 0 Å². The van der Waals surface area contributed by atoms with Crippen LogP contribution in [0.5, 0.6) is 0 Å². The molecule has 122 valence electrons. The number of aromatic nitrogens is 2. The lowest BCUT2D eigenvalue weighted by molar-refractivity contribution is 0.251. The number of carbonyl (C=O) groups is 1. The molecule has 0 spiro atoms. The predicted octanol–water partition coefficient (Wildman–Crippen LogP) is 3.64. The van der Waals surface area contributed by atoms with Gasteiger partial charge < -0.3 is 15.2 Å². The zero-order chi connectivity index (χ0) is 16.9. The van der Waals surface area contributed by atoms with Gasteiger partial charge in [-0.25, -0.2) is 14.2 Å². The number of hydrogen-bond acceptors (Lipinski definition) is 2. The Kier molecular flexibility index (Phi) is 4.56. The highest BCUT2D eigenvalue weighted by Gasteiger charge is 2.05. The topological polar surface area (TPSA) is 59.0 Å². The summed E-state index contributed by atoms with van der Waals surface area (Å²) in [5, 5.41) is 5.36. The molecule has 2 N–H and O–H groups in total. The number of imidazole rings is 1. The molecule has 6 heteroatoms. The Labute approximate surface area is 139 Å². The molecule has 0 bridgehead atoms. The van der Waals surface area contributed by atoms with Crippen molar-refractivity contribution >= 4 is 11.7 Å². The number of anilines is 1. The first-order valence-corrected chi connectivity index (χ1v) is 7.50. The molecular weight excluding hydrogens is 307 g/mol. The molecule has 0 unspecified atom stereocenters. The number of nitrogens with one attached hydrogen (secondary N) is 2. The third-order valence-electron chi connectivity index (χ3n) is 3.59. The third kappa shape index (κ3) is 3.78. The van der Waals surface area contributed by atoms with Crippen LogP contribution in [0.1, 0.15) is 11.1 Å². The van der Waals surface area contributed by atoms with Crippen LogP contribution in [0.2, 0.25) is 0 Å². The van der Waals surface area contributed by atoms with Gasteiger partial charge in [0, 0.05) is 30.3 Å². The highest BCUT2D eigenvalue weighted by atomic mass is 19.1. The number of hydrogen-bond donors (Lipinski definition) is 2. The maximum atomic E-state index is 13.1. The molecule has 24 heavy (non-hydrogen) atoms. The lowest BCUT2D eigenvalue weighted by atomic mass is 10.1. The molecule has 0 aliphatic heterocycles. The van der Waals surface area contributed by atoms with Gasteiger partial charge in [0.15, 0.2) is 0 Å². The Balaban J connectivity index is 1.64. The zero-order valence-corrected chi connectivity index (χ0v) is 13.2. The number of rotatable bonds is 4. The minimum Gasteiger partial charge on any atom is -0.334 e. The van der Waals surface area contributed by atoms with Crippen molar-refractivity contribution < 1.29 is 9.18 Å². The van der Waals surface area contributed by atoms with Gasteiger partial charge in [0.05, 0.1) is 6.33 Å². The third-order valence-corrected chi connectivity index (χ3v) is 3.59. The molecule has 2 amide bonds. The molecule has 0 saturated heterocycles. The van der Waals surface area contributed by atoms with E-state index in [0.717, 1.165) is 16.8 Å². The molecule has 0 atom stereocenters. The average molecular weight is 324 g/mol. The van der Waals surface area contributed by atoms with E-state index in [1.54, 1.807) is 24.7 Å². The van der Waals surface area contributed by atoms with E-state index in [0.29, 0.717) is 12.2 Å². The van der Waals surface area contributed by atoms with Crippen molar-refractivity contribution in [2.24, 2.45) is 0 Å². The van der Waals surface area contributed by atoms with Crippen LogP contribution in [0.15, 0.2) is 61.2 Å². The Morgan fingerprint density at radius 1 is 1.25 bits per heavy atom. The Morgan fingerprint density at radius 2 is 2.12 bits per heavy atom. The van der Waals surface area contributed by atoms with Crippen molar-refractivity contribution in [2.45, 2.75) is 13.5 Å². The summed E-state index contributed by atoms with van der Waals surface area (Å²) in [5.41, 5.74) is 3.49. The van der Waals surface area contributed by atoms with Gasteiger partial charge >= 0.3 is 6.03 Å². The molecule has 0 aliphatic carbocycles. The predicted molar refractivity (Wildman–Crippen MR) is 90.6 cm³/mol. The number of amides is 2. The molecule has 2 aromatic carbocycles. The molecule has 3 aromatic rings. The molecule has 0 radical (unpaired) electrons. The van der Waals surface area contributed by atoms with E-state index in [4.69, 9.17) is 0 Å². The minimum atomic E-state index is -0.392. The van der Waals surface area contributed by atoms with Gasteiger partial charge in [-0.3, -0.25) is 0 Å². The van der Waals surface area contributed by atoms with Crippen LogP contribution in [0.4, 0.5) is 14.9 Å². The van der Waals surface area contributed by atoms with Gasteiger partial charge in [-0.2, -0.15) is 0 Å². The normalized spacial score (nSPS) is 10.4. The van der Waals surface area contributed by atoms with E-state index in [1.165, 1.54) is 12.1 Å². The second kappa shape index (κ2) is 6.95. The van der Waals surface area contributed by atoms with Gasteiger partial charge in [0.2, 0.25) is 0 Å². The summed E-state index contributed by atoms with van der Waals surface area (Å²) in [6.07, 6.45) is 5.32. The van der Waals surface area contributed by atoms with E-state index in [1.807, 2.05) is 35.9 Å². The lowest BCUT2D eigenvalue weighted by Gasteiger charge is -2.11. The average Bonchev–Trinajstić information content (AvgIpc) is 3.08. The number of nitrogens with zero attached hydrogens (tertiary/aromatic N) is 2. The first-order chi connectivity index (χ1) is 11.6. The molecular formula is C18H17FN4O. The molecule has 3 rings (SSSR count). The summed E-state index contributed by atoms with van der Waals surface area (Å²) < 4.78 is 15.0. The molecule has 1 heterocycles. The summed E-state index contributed by atoms with van der Waals surface area (Å²) in [7, 11) is 0. The minimum absolute atomic E-state index is 0.364. The number of halogens is 1. The van der Waals surface area contributed by atoms with Gasteiger partial charge in [-0.15, -0.1) is 0 Å². The van der Waals surface area contributed by atoms with Crippen LogP contribution in [0.25, 0.3) is 5.69 Å². The zero-order valence-electron chi connectivity index (χ0n) is 13.2. The lowest BCUT2D eigenvalue weighted by Crippen LogP contribution is -2.28. The van der Waals surface area contributed by atoms with Gasteiger partial charge in [0.1, 0.15) is 5.82 Å². The van der Waals surface area contributed by atoms with Crippen molar-refractivity contribution in [1.82, 2.24) is 14.9 Å². The van der Waals surface area contributed by atoms with Crippen LogP contribution < -0.4 is 10.6 Å². The highest BCUT2D eigenvalue weighted by molar-refractivity contribution is 5.89. The molecule has 5 nitrogen and oxygen atoms in total. The smallest absolute Gasteiger partial charge is 0.319 e. The van der Waals surface area contributed by atoms with Crippen LogP contribution in [-0.2, 0) is 6.54 Å². The molecule has 0 saturated carbocycles. The van der Waals surface area contributed by atoms with Crippen molar-refractivity contribution in [3.05, 3.63) is 78.1 Å². The largest absolute Gasteiger partial charge is 0.334 e. The Bertz CT molecular complexity index is 846. The Hall–Kier alpha value is -3.15. The van der Waals surface area contributed by atoms with Crippen LogP contribution in [-0.4, -0.2) is 15.6 Å². The van der Waals surface area contributed by atoms with E-state index < -0.39 is 5.82 Å². The van der Waals surface area contributed by atoms with E-state index in [9.17, 15) is 9.18 Å². The number of urea groups is 1. The monoisotopic (exact) mass is 324 g/mol. The fourth-order valence-electron chi connectivity index (χ4n) is 2.37. The highest BCUT2D eigenvalue weighted by Crippen LogP contribution is 2.16. The molecule has 0 fully saturated rings. The fourth-order valence-corrected chi connectivity index (χ4v) is 2.37. The quantitative estimate of drug-likeness (QED) is 0.770. The van der Waals surface area contributed by atoms with E-state index in [2.05, 4.69) is 15.6 Å². The Morgan fingerprint density at radius 3 is 2.88 bits per heavy atom. The van der Waals surface area contributed by atoms with E-state index >= 15 is 0 Å². The second-order valence-corrected chi connectivity index (χ2v) is 5.41. The molecule has 1 aromatic heterocycles. The maximum Gasteiger partial charge on any atom is 0.319 e. The van der Waals surface area contributed by atoms with Crippen LogP contribution in [0, 0.1) is 12.7 Å². The summed E-state index contributed by atoms with van der Waals surface area (Å²) in [6, 6.07) is 11.3. The first-order valence-electron chi connectivity index (χ1n) is 7.50. The van der Waals surface area contributed by atoms with Crippen molar-refractivity contribution in [3.8, 4) is 5.69 Å². The van der Waals surface area contributed by atoms with Crippen molar-refractivity contribution in [3.63, 3.8) is 0 Å². The SMILES string of the molecule is Cc1ccc(CNC(=O)Nc2cccc(F)c2)cc1-n1ccnc1. The fraction of sp³-hybridized carbons (Fsp3) is 0.111. The van der Waals surface area contributed by atoms with Gasteiger partial charge in [-0.05, 0) is 42.3 Å². The second-order valence-electron chi connectivity index (χ2n) is 5.41. The summed E-state index contributed by atoms with van der Waals surface area (Å²) in [4.78, 5) is 16.0. The van der Waals surface area contributed by atoms with Crippen LogP contribution in [0.3, 0.4) is 0 Å². The summed E-state index contributed by atoms with van der Waals surface area (Å²) in [6.45, 7) is 2.38. The number of carbonyl (C=O) groups excluding carboxylic acids is 1. The first kappa shape index (κ1) is 15.7. The maximum absolute atomic E-state index is 13.1. The summed E-state index contributed by atoms with van der Waals surface area (Å²) in [5.74, 6) is -0.392. The standard InChI is InChI=1S/C18H17FN4O/c1-13-5-6-14(9-17(13)23-8-7-20-12-23)11-21-18(24)22-16-4-2-3-15(19)10-16/h2-10,12H,11H2,1H3,(H2,21,22,24). The van der Waals surface area contributed by atoms with Crippen molar-refractivity contribution in [1.29, 1.82) is 0 Å². The van der Waals surface area contributed by atoms with E-state index in [-0.39, 0.29) is 6.03 Å². The van der Waals surface area contributed by atoms with Gasteiger partial charge in [-0.1, -0.05) is 18.2 Å². The molecule has 0 aliphatic rings. The number of aryl methyl sites for hydroxylation is 1.